The highest BCUT2D eigenvalue weighted by atomic mass is 16.6. The number of aliphatic hydroxyl groups is 1. The second-order valence-electron chi connectivity index (χ2n) is 20.7. The number of aliphatic hydroxyl groups excluding tert-OH is 1. The van der Waals surface area contributed by atoms with Crippen LogP contribution in [0, 0.1) is 0 Å². The van der Waals surface area contributed by atoms with Crippen molar-refractivity contribution in [2.75, 3.05) is 13.2 Å². The van der Waals surface area contributed by atoms with Crippen LogP contribution in [0.5, 0.6) is 0 Å². The first-order chi connectivity index (χ1) is 38.6. The van der Waals surface area contributed by atoms with Crippen molar-refractivity contribution in [3.63, 3.8) is 0 Å². The van der Waals surface area contributed by atoms with Crippen molar-refractivity contribution in [1.82, 2.24) is 0 Å². The maximum absolute atomic E-state index is 12.3. The molecule has 440 valence electrons. The third-order valence-electron chi connectivity index (χ3n) is 13.3. The number of carbonyl (C=O) groups is 2. The highest BCUT2D eigenvalue weighted by molar-refractivity contribution is 5.70. The molecule has 5 heteroatoms. The lowest BCUT2D eigenvalue weighted by Gasteiger charge is -2.15. The number of carbonyl (C=O) groups excluding carboxylic acids is 2. The van der Waals surface area contributed by atoms with Crippen LogP contribution in [0.4, 0.5) is 0 Å². The normalized spacial score (nSPS) is 13.3. The summed E-state index contributed by atoms with van der Waals surface area (Å²) in [6, 6.07) is 0. The third-order valence-corrected chi connectivity index (χ3v) is 13.3. The molecule has 0 aromatic carbocycles. The van der Waals surface area contributed by atoms with Crippen molar-refractivity contribution in [3.8, 4) is 0 Å². The quantitative estimate of drug-likeness (QED) is 0.0373. The maximum Gasteiger partial charge on any atom is 0.306 e. The molecule has 0 aromatic heterocycles. The summed E-state index contributed by atoms with van der Waals surface area (Å²) >= 11 is 0. The third kappa shape index (κ3) is 64.0. The molecular formula is C73H118O5. The van der Waals surface area contributed by atoms with Gasteiger partial charge in [0.1, 0.15) is 6.61 Å². The fourth-order valence-electron chi connectivity index (χ4n) is 8.61. The molecule has 78 heavy (non-hydrogen) atoms. The second kappa shape index (κ2) is 66.8. The smallest absolute Gasteiger partial charge is 0.306 e. The van der Waals surface area contributed by atoms with Crippen LogP contribution in [-0.4, -0.2) is 36.4 Å². The van der Waals surface area contributed by atoms with Crippen molar-refractivity contribution in [2.45, 2.75) is 277 Å². The van der Waals surface area contributed by atoms with Gasteiger partial charge in [0.05, 0.1) is 6.61 Å². The van der Waals surface area contributed by atoms with Crippen molar-refractivity contribution >= 4 is 11.9 Å². The van der Waals surface area contributed by atoms with E-state index in [4.69, 9.17) is 9.47 Å². The monoisotopic (exact) mass is 1070 g/mol. The molecule has 0 spiro atoms. The lowest BCUT2D eigenvalue weighted by molar-refractivity contribution is -0.161. The van der Waals surface area contributed by atoms with Gasteiger partial charge in [0.25, 0.3) is 0 Å². The zero-order valence-electron chi connectivity index (χ0n) is 50.4. The largest absolute Gasteiger partial charge is 0.462 e. The molecule has 0 heterocycles. The van der Waals surface area contributed by atoms with Crippen LogP contribution in [0.25, 0.3) is 0 Å². The SMILES string of the molecule is CC/C=C\C/C=C\C/C=C\C/C=C\C/C=C\C/C=C\C/C=C\C/C=C\C/C=C\CCCC(=O)OC(CO)COC(=O)CCCCCCCCCCCCCCCCCCCCCCCC/C=C\C/C=C\C/C=C\C/C=C\CC. The summed E-state index contributed by atoms with van der Waals surface area (Å²) in [5.41, 5.74) is 0. The van der Waals surface area contributed by atoms with Crippen LogP contribution in [-0.2, 0) is 19.1 Å². The Balaban J connectivity index is 3.57. The van der Waals surface area contributed by atoms with Crippen LogP contribution in [0.1, 0.15) is 271 Å². The number of ether oxygens (including phenoxy) is 2. The Labute approximate surface area is 481 Å². The van der Waals surface area contributed by atoms with Gasteiger partial charge in [-0.05, 0) is 116 Å². The average molecular weight is 1080 g/mol. The van der Waals surface area contributed by atoms with Crippen LogP contribution >= 0.6 is 0 Å². The molecule has 0 saturated heterocycles. The molecule has 0 aliphatic rings. The van der Waals surface area contributed by atoms with Gasteiger partial charge in [-0.3, -0.25) is 9.59 Å². The fraction of sp³-hybridized carbons (Fsp3) is 0.616. The zero-order chi connectivity index (χ0) is 56.2. The van der Waals surface area contributed by atoms with Crippen molar-refractivity contribution in [1.29, 1.82) is 0 Å². The number of hydrogen-bond donors (Lipinski definition) is 1. The first kappa shape index (κ1) is 73.5. The highest BCUT2D eigenvalue weighted by Gasteiger charge is 2.16. The van der Waals surface area contributed by atoms with E-state index in [-0.39, 0.29) is 31.6 Å². The minimum absolute atomic E-state index is 0.0964. The standard InChI is InChI=1S/C73H118O5/c1-3-5-7-9-11-13-15-17-19-21-23-25-27-29-31-33-34-35-36-37-38-40-41-43-45-47-49-51-53-55-57-59-61-63-65-67-72(75)77-70-71(69-74)78-73(76)68-66-64-62-60-58-56-54-52-50-48-46-44-42-39-32-30-28-26-24-22-20-18-16-14-12-10-8-6-4-2/h5-8,11-14,17-20,23-26,30,32,42,44,48,50,54,56,60,62,71,74H,3-4,9-10,15-16,21-22,27-29,31,33-41,43,45-47,49,51-53,55,57-59,61,63-70H2,1-2H3/b7-5-,8-6-,13-11-,14-12-,19-17-,20-18-,25-23-,26-24-,32-30-,44-42-,50-48-,56-54-,62-60-. The maximum atomic E-state index is 12.3. The Hall–Kier alpha value is -4.48. The Kier molecular flexibility index (Phi) is 63.0. The fourth-order valence-corrected chi connectivity index (χ4v) is 8.61. The number of hydrogen-bond acceptors (Lipinski definition) is 5. The molecular weight excluding hydrogens is 957 g/mol. The van der Waals surface area contributed by atoms with E-state index in [2.05, 4.69) is 172 Å². The van der Waals surface area contributed by atoms with Crippen molar-refractivity contribution in [2.24, 2.45) is 0 Å². The van der Waals surface area contributed by atoms with Crippen LogP contribution < -0.4 is 0 Å². The van der Waals surface area contributed by atoms with E-state index in [0.717, 1.165) is 109 Å². The predicted octanol–water partition coefficient (Wildman–Crippen LogP) is 22.3. The molecule has 0 radical (unpaired) electrons. The van der Waals surface area contributed by atoms with E-state index in [0.29, 0.717) is 12.8 Å². The average Bonchev–Trinajstić information content (AvgIpc) is 3.44. The molecule has 0 fully saturated rings. The van der Waals surface area contributed by atoms with Gasteiger partial charge in [0, 0.05) is 12.8 Å². The zero-order valence-corrected chi connectivity index (χ0v) is 50.4. The van der Waals surface area contributed by atoms with Gasteiger partial charge in [0.2, 0.25) is 0 Å². The Bertz CT molecular complexity index is 1690. The molecule has 5 nitrogen and oxygen atoms in total. The molecule has 0 rings (SSSR count). The highest BCUT2D eigenvalue weighted by Crippen LogP contribution is 2.16. The lowest BCUT2D eigenvalue weighted by atomic mass is 10.0. The Morgan fingerprint density at radius 1 is 0.295 bits per heavy atom. The van der Waals surface area contributed by atoms with E-state index < -0.39 is 6.10 Å². The van der Waals surface area contributed by atoms with Crippen molar-refractivity contribution in [3.05, 3.63) is 158 Å². The minimum Gasteiger partial charge on any atom is -0.462 e. The molecule has 0 aliphatic heterocycles. The number of rotatable bonds is 57. The predicted molar refractivity (Wildman–Crippen MR) is 343 cm³/mol. The number of esters is 2. The lowest BCUT2D eigenvalue weighted by Crippen LogP contribution is -2.28. The summed E-state index contributed by atoms with van der Waals surface area (Å²) in [6.45, 7) is 3.88. The molecule has 0 bridgehead atoms. The number of unbranched alkanes of at least 4 members (excludes halogenated alkanes) is 23. The van der Waals surface area contributed by atoms with Crippen molar-refractivity contribution < 1.29 is 24.2 Å². The number of allylic oxidation sites excluding steroid dienone is 26. The minimum atomic E-state index is -0.814. The van der Waals surface area contributed by atoms with Gasteiger partial charge in [-0.1, -0.05) is 300 Å². The summed E-state index contributed by atoms with van der Waals surface area (Å²) in [7, 11) is 0. The first-order valence-electron chi connectivity index (χ1n) is 32.0. The summed E-state index contributed by atoms with van der Waals surface area (Å²) in [4.78, 5) is 24.6. The topological polar surface area (TPSA) is 72.8 Å². The van der Waals surface area contributed by atoms with Gasteiger partial charge in [-0.2, -0.15) is 0 Å². The van der Waals surface area contributed by atoms with Crippen LogP contribution in [0.2, 0.25) is 0 Å². The molecule has 1 unspecified atom stereocenters. The molecule has 1 N–H and O–H groups in total. The molecule has 0 aliphatic carbocycles. The summed E-state index contributed by atoms with van der Waals surface area (Å²) in [5.74, 6) is -0.663. The van der Waals surface area contributed by atoms with E-state index in [9.17, 15) is 14.7 Å². The van der Waals surface area contributed by atoms with Gasteiger partial charge in [-0.25, -0.2) is 0 Å². The van der Waals surface area contributed by atoms with E-state index >= 15 is 0 Å². The Morgan fingerprint density at radius 3 is 0.808 bits per heavy atom. The first-order valence-corrected chi connectivity index (χ1v) is 32.0. The summed E-state index contributed by atoms with van der Waals surface area (Å²) < 4.78 is 10.7. The van der Waals surface area contributed by atoms with Crippen LogP contribution in [0.3, 0.4) is 0 Å². The summed E-state index contributed by atoms with van der Waals surface area (Å²) in [5, 5.41) is 9.67. The Morgan fingerprint density at radius 2 is 0.526 bits per heavy atom. The molecule has 0 amide bonds. The van der Waals surface area contributed by atoms with Gasteiger partial charge < -0.3 is 14.6 Å². The van der Waals surface area contributed by atoms with E-state index in [1.54, 1.807) is 0 Å². The molecule has 0 aromatic rings. The van der Waals surface area contributed by atoms with Gasteiger partial charge >= 0.3 is 11.9 Å². The summed E-state index contributed by atoms with van der Waals surface area (Å²) in [6.07, 6.45) is 103. The second-order valence-corrected chi connectivity index (χ2v) is 20.7. The van der Waals surface area contributed by atoms with Crippen LogP contribution in [0.15, 0.2) is 158 Å². The molecule has 1 atom stereocenters. The molecule has 0 saturated carbocycles. The van der Waals surface area contributed by atoms with Gasteiger partial charge in [0.15, 0.2) is 6.10 Å². The van der Waals surface area contributed by atoms with E-state index in [1.165, 1.54) is 128 Å². The van der Waals surface area contributed by atoms with E-state index in [1.807, 2.05) is 0 Å². The van der Waals surface area contributed by atoms with Gasteiger partial charge in [-0.15, -0.1) is 0 Å².